The Labute approximate surface area is 120 Å². The van der Waals surface area contributed by atoms with Crippen molar-refractivity contribution in [3.05, 3.63) is 42.5 Å². The maximum Gasteiger partial charge on any atom is 0.573 e. The molecule has 6 heteroatoms. The standard InChI is InChI=1S/C15H14F3NO2/c1-2-20-14-8-5-11(9-13(14)19)10-3-6-12(7-4-10)21-15(16,17)18/h3-9H,2,19H2,1H3. The second-order valence-electron chi connectivity index (χ2n) is 4.26. The number of alkyl halides is 3. The summed E-state index contributed by atoms with van der Waals surface area (Å²) >= 11 is 0. The molecule has 0 heterocycles. The average Bonchev–Trinajstić information content (AvgIpc) is 2.40. The topological polar surface area (TPSA) is 44.5 Å². The maximum atomic E-state index is 12.1. The summed E-state index contributed by atoms with van der Waals surface area (Å²) in [6, 6.07) is 10.8. The fourth-order valence-corrected chi connectivity index (χ4v) is 1.86. The lowest BCUT2D eigenvalue weighted by molar-refractivity contribution is -0.274. The first-order valence-corrected chi connectivity index (χ1v) is 6.27. The molecule has 21 heavy (non-hydrogen) atoms. The molecule has 0 bridgehead atoms. The Morgan fingerprint density at radius 1 is 1.00 bits per heavy atom. The van der Waals surface area contributed by atoms with Gasteiger partial charge in [-0.15, -0.1) is 13.2 Å². The van der Waals surface area contributed by atoms with E-state index < -0.39 is 6.36 Å². The van der Waals surface area contributed by atoms with Crippen molar-refractivity contribution >= 4 is 5.69 Å². The normalized spacial score (nSPS) is 11.2. The second kappa shape index (κ2) is 5.95. The van der Waals surface area contributed by atoms with Crippen molar-refractivity contribution in [2.75, 3.05) is 12.3 Å². The van der Waals surface area contributed by atoms with E-state index in [1.54, 1.807) is 18.2 Å². The minimum atomic E-state index is -4.69. The quantitative estimate of drug-likeness (QED) is 0.859. The smallest absolute Gasteiger partial charge is 0.492 e. The van der Waals surface area contributed by atoms with Gasteiger partial charge in [-0.2, -0.15) is 0 Å². The zero-order chi connectivity index (χ0) is 15.5. The number of nitrogens with two attached hydrogens (primary N) is 1. The number of hydrogen-bond acceptors (Lipinski definition) is 3. The summed E-state index contributed by atoms with van der Waals surface area (Å²) in [5.41, 5.74) is 7.86. The van der Waals surface area contributed by atoms with E-state index in [0.717, 1.165) is 11.1 Å². The van der Waals surface area contributed by atoms with Crippen molar-refractivity contribution in [1.29, 1.82) is 0 Å². The number of rotatable bonds is 4. The Bertz CT molecular complexity index is 609. The molecule has 0 unspecified atom stereocenters. The van der Waals surface area contributed by atoms with Crippen LogP contribution in [0, 0.1) is 0 Å². The van der Waals surface area contributed by atoms with E-state index in [1.165, 1.54) is 24.3 Å². The molecule has 2 aromatic carbocycles. The van der Waals surface area contributed by atoms with Crippen molar-refractivity contribution in [1.82, 2.24) is 0 Å². The Hall–Kier alpha value is -2.37. The Morgan fingerprint density at radius 3 is 2.14 bits per heavy atom. The van der Waals surface area contributed by atoms with Crippen LogP contribution in [0.4, 0.5) is 18.9 Å². The minimum absolute atomic E-state index is 0.259. The molecule has 0 saturated carbocycles. The molecule has 0 saturated heterocycles. The molecule has 3 nitrogen and oxygen atoms in total. The van der Waals surface area contributed by atoms with Crippen molar-refractivity contribution in [2.45, 2.75) is 13.3 Å². The van der Waals surface area contributed by atoms with Crippen molar-refractivity contribution in [3.8, 4) is 22.6 Å². The van der Waals surface area contributed by atoms with Gasteiger partial charge in [0, 0.05) is 0 Å². The summed E-state index contributed by atoms with van der Waals surface area (Å²) in [5.74, 6) is 0.323. The first kappa shape index (κ1) is 15.0. The molecule has 0 atom stereocenters. The van der Waals surface area contributed by atoms with Crippen molar-refractivity contribution in [2.24, 2.45) is 0 Å². The van der Waals surface area contributed by atoms with E-state index in [9.17, 15) is 13.2 Å². The van der Waals surface area contributed by atoms with Crippen LogP contribution in [0.3, 0.4) is 0 Å². The second-order valence-corrected chi connectivity index (χ2v) is 4.26. The van der Waals surface area contributed by atoms with Gasteiger partial charge in [0.2, 0.25) is 0 Å². The van der Waals surface area contributed by atoms with E-state index in [1.807, 2.05) is 6.92 Å². The molecule has 0 amide bonds. The average molecular weight is 297 g/mol. The number of benzene rings is 2. The Morgan fingerprint density at radius 2 is 1.62 bits per heavy atom. The molecule has 2 rings (SSSR count). The van der Waals surface area contributed by atoms with Crippen LogP contribution in [0.2, 0.25) is 0 Å². The highest BCUT2D eigenvalue weighted by Gasteiger charge is 2.30. The van der Waals surface area contributed by atoms with Crippen LogP contribution in [-0.4, -0.2) is 13.0 Å². The van der Waals surface area contributed by atoms with Gasteiger partial charge in [0.05, 0.1) is 12.3 Å². The third-order valence-corrected chi connectivity index (χ3v) is 2.73. The lowest BCUT2D eigenvalue weighted by atomic mass is 10.0. The van der Waals surface area contributed by atoms with E-state index in [-0.39, 0.29) is 5.75 Å². The van der Waals surface area contributed by atoms with Gasteiger partial charge in [-0.1, -0.05) is 18.2 Å². The van der Waals surface area contributed by atoms with E-state index in [2.05, 4.69) is 4.74 Å². The van der Waals surface area contributed by atoms with E-state index >= 15 is 0 Å². The van der Waals surface area contributed by atoms with Crippen LogP contribution in [0.25, 0.3) is 11.1 Å². The molecule has 0 aromatic heterocycles. The van der Waals surface area contributed by atoms with E-state index in [0.29, 0.717) is 18.0 Å². The number of anilines is 1. The molecule has 112 valence electrons. The molecular weight excluding hydrogens is 283 g/mol. The summed E-state index contributed by atoms with van der Waals surface area (Å²) < 4.78 is 45.4. The molecular formula is C15H14F3NO2. The van der Waals surface area contributed by atoms with Crippen molar-refractivity contribution in [3.63, 3.8) is 0 Å². The lowest BCUT2D eigenvalue weighted by Gasteiger charge is -2.11. The minimum Gasteiger partial charge on any atom is -0.492 e. The largest absolute Gasteiger partial charge is 0.573 e. The van der Waals surface area contributed by atoms with Crippen LogP contribution in [0.5, 0.6) is 11.5 Å². The first-order chi connectivity index (χ1) is 9.89. The predicted octanol–water partition coefficient (Wildman–Crippen LogP) is 4.23. The third-order valence-electron chi connectivity index (χ3n) is 2.73. The highest BCUT2D eigenvalue weighted by Crippen LogP contribution is 2.30. The van der Waals surface area contributed by atoms with Crippen LogP contribution in [-0.2, 0) is 0 Å². The number of halogens is 3. The van der Waals surface area contributed by atoms with Crippen LogP contribution >= 0.6 is 0 Å². The van der Waals surface area contributed by atoms with Gasteiger partial charge in [0.1, 0.15) is 11.5 Å². The van der Waals surface area contributed by atoms with Crippen LogP contribution in [0.15, 0.2) is 42.5 Å². The van der Waals surface area contributed by atoms with Gasteiger partial charge in [0.15, 0.2) is 0 Å². The highest BCUT2D eigenvalue weighted by molar-refractivity contribution is 5.71. The SMILES string of the molecule is CCOc1ccc(-c2ccc(OC(F)(F)F)cc2)cc1N. The fourth-order valence-electron chi connectivity index (χ4n) is 1.86. The van der Waals surface area contributed by atoms with Gasteiger partial charge in [-0.05, 0) is 42.3 Å². The molecule has 0 aliphatic carbocycles. The molecule has 0 spiro atoms. The predicted molar refractivity (Wildman–Crippen MR) is 74.1 cm³/mol. The summed E-state index contributed by atoms with van der Waals surface area (Å²) in [7, 11) is 0. The summed E-state index contributed by atoms with van der Waals surface area (Å²) in [6.45, 7) is 2.36. The molecule has 0 aliphatic rings. The highest BCUT2D eigenvalue weighted by atomic mass is 19.4. The zero-order valence-electron chi connectivity index (χ0n) is 11.3. The maximum absolute atomic E-state index is 12.1. The molecule has 0 aliphatic heterocycles. The first-order valence-electron chi connectivity index (χ1n) is 6.27. The fraction of sp³-hybridized carbons (Fsp3) is 0.200. The molecule has 2 N–H and O–H groups in total. The summed E-state index contributed by atoms with van der Waals surface area (Å²) in [4.78, 5) is 0. The van der Waals surface area contributed by atoms with Gasteiger partial charge in [-0.3, -0.25) is 0 Å². The number of nitrogen functional groups attached to an aromatic ring is 1. The van der Waals surface area contributed by atoms with Crippen LogP contribution < -0.4 is 15.2 Å². The van der Waals surface area contributed by atoms with Crippen molar-refractivity contribution < 1.29 is 22.6 Å². The van der Waals surface area contributed by atoms with Gasteiger partial charge in [-0.25, -0.2) is 0 Å². The summed E-state index contributed by atoms with van der Waals surface area (Å²) in [6.07, 6.45) is -4.69. The van der Waals surface area contributed by atoms with Gasteiger partial charge < -0.3 is 15.2 Å². The number of hydrogen-bond donors (Lipinski definition) is 1. The lowest BCUT2D eigenvalue weighted by Crippen LogP contribution is -2.16. The van der Waals surface area contributed by atoms with Crippen LogP contribution in [0.1, 0.15) is 6.92 Å². The molecule has 0 fully saturated rings. The Kier molecular flexibility index (Phi) is 4.26. The zero-order valence-corrected chi connectivity index (χ0v) is 11.3. The molecule has 2 aromatic rings. The summed E-state index contributed by atoms with van der Waals surface area (Å²) in [5, 5.41) is 0. The van der Waals surface area contributed by atoms with E-state index in [4.69, 9.17) is 10.5 Å². The van der Waals surface area contributed by atoms with Gasteiger partial charge >= 0.3 is 6.36 Å². The Balaban J connectivity index is 2.21. The monoisotopic (exact) mass is 297 g/mol. The van der Waals surface area contributed by atoms with Gasteiger partial charge in [0.25, 0.3) is 0 Å². The third kappa shape index (κ3) is 4.05. The molecule has 0 radical (unpaired) electrons. The number of ether oxygens (including phenoxy) is 2.